The lowest BCUT2D eigenvalue weighted by molar-refractivity contribution is 0.237. The second kappa shape index (κ2) is 7.68. The molecule has 0 radical (unpaired) electrons. The third-order valence-electron chi connectivity index (χ3n) is 4.54. The highest BCUT2D eigenvalue weighted by atomic mass is 16.5. The zero-order valence-electron chi connectivity index (χ0n) is 13.2. The Labute approximate surface area is 123 Å². The third-order valence-corrected chi connectivity index (χ3v) is 4.54. The molecule has 20 heavy (non-hydrogen) atoms. The van der Waals surface area contributed by atoms with E-state index in [4.69, 9.17) is 4.74 Å². The van der Waals surface area contributed by atoms with Gasteiger partial charge in [0.2, 0.25) is 0 Å². The van der Waals surface area contributed by atoms with Crippen molar-refractivity contribution in [3.8, 4) is 5.75 Å². The molecule has 0 saturated carbocycles. The number of fused-ring (bicyclic) bond motifs is 1. The summed E-state index contributed by atoms with van der Waals surface area (Å²) in [6.07, 6.45) is 6.07. The molecule has 1 atom stereocenters. The van der Waals surface area contributed by atoms with Gasteiger partial charge in [-0.1, -0.05) is 45.7 Å². The van der Waals surface area contributed by atoms with Crippen molar-refractivity contribution < 1.29 is 4.74 Å². The second-order valence-corrected chi connectivity index (χ2v) is 5.82. The summed E-state index contributed by atoms with van der Waals surface area (Å²) in [5.41, 5.74) is 2.90. The van der Waals surface area contributed by atoms with Crippen LogP contribution >= 0.6 is 0 Å². The minimum atomic E-state index is 0.514. The number of hydrogen-bond donors (Lipinski definition) is 1. The first-order valence-electron chi connectivity index (χ1n) is 8.28. The van der Waals surface area contributed by atoms with E-state index < -0.39 is 0 Å². The van der Waals surface area contributed by atoms with Gasteiger partial charge in [-0.2, -0.15) is 0 Å². The van der Waals surface area contributed by atoms with Crippen molar-refractivity contribution in [1.29, 1.82) is 0 Å². The quantitative estimate of drug-likeness (QED) is 0.791. The average Bonchev–Trinajstić information content (AvgIpc) is 2.49. The first-order chi connectivity index (χ1) is 9.80. The van der Waals surface area contributed by atoms with Crippen molar-refractivity contribution in [3.63, 3.8) is 0 Å². The number of hydrogen-bond acceptors (Lipinski definition) is 2. The summed E-state index contributed by atoms with van der Waals surface area (Å²) in [6, 6.07) is 7.08. The van der Waals surface area contributed by atoms with Gasteiger partial charge in [-0.15, -0.1) is 0 Å². The van der Waals surface area contributed by atoms with E-state index in [-0.39, 0.29) is 0 Å². The average molecular weight is 275 g/mol. The number of benzene rings is 1. The highest BCUT2D eigenvalue weighted by molar-refractivity contribution is 5.43. The van der Waals surface area contributed by atoms with Gasteiger partial charge in [0.15, 0.2) is 0 Å². The van der Waals surface area contributed by atoms with E-state index in [2.05, 4.69) is 44.3 Å². The Kier molecular flexibility index (Phi) is 5.90. The molecule has 1 aromatic rings. The second-order valence-electron chi connectivity index (χ2n) is 5.82. The van der Waals surface area contributed by atoms with Crippen LogP contribution < -0.4 is 10.1 Å². The molecule has 2 nitrogen and oxygen atoms in total. The summed E-state index contributed by atoms with van der Waals surface area (Å²) < 4.78 is 6.15. The van der Waals surface area contributed by atoms with Crippen molar-refractivity contribution in [2.45, 2.75) is 58.9 Å². The van der Waals surface area contributed by atoms with Crippen molar-refractivity contribution in [2.24, 2.45) is 5.92 Å². The fourth-order valence-corrected chi connectivity index (χ4v) is 3.14. The summed E-state index contributed by atoms with van der Waals surface area (Å²) in [5.74, 6) is 1.80. The maximum absolute atomic E-state index is 6.15. The minimum Gasteiger partial charge on any atom is -0.493 e. The molecule has 1 aliphatic rings. The van der Waals surface area contributed by atoms with Crippen LogP contribution in [0.5, 0.6) is 5.75 Å². The van der Waals surface area contributed by atoms with Crippen LogP contribution in [0, 0.1) is 5.92 Å². The smallest absolute Gasteiger partial charge is 0.122 e. The van der Waals surface area contributed by atoms with Crippen molar-refractivity contribution in [2.75, 3.05) is 13.2 Å². The molecule has 0 fully saturated rings. The largest absolute Gasteiger partial charge is 0.493 e. The van der Waals surface area contributed by atoms with Crippen LogP contribution in [0.1, 0.15) is 63.6 Å². The summed E-state index contributed by atoms with van der Waals surface area (Å²) in [4.78, 5) is 0. The van der Waals surface area contributed by atoms with Gasteiger partial charge in [-0.3, -0.25) is 0 Å². The number of ether oxygens (including phenoxy) is 1. The van der Waals surface area contributed by atoms with Gasteiger partial charge < -0.3 is 10.1 Å². The first-order valence-corrected chi connectivity index (χ1v) is 8.28. The zero-order chi connectivity index (χ0) is 14.4. The van der Waals surface area contributed by atoms with Crippen molar-refractivity contribution in [1.82, 2.24) is 5.32 Å². The molecule has 1 N–H and O–H groups in total. The highest BCUT2D eigenvalue weighted by Crippen LogP contribution is 2.35. The van der Waals surface area contributed by atoms with Crippen molar-refractivity contribution >= 4 is 0 Å². The molecule has 0 aromatic heterocycles. The maximum Gasteiger partial charge on any atom is 0.122 e. The molecule has 0 heterocycles. The van der Waals surface area contributed by atoms with Gasteiger partial charge in [0, 0.05) is 6.04 Å². The molecular weight excluding hydrogens is 246 g/mol. The lowest BCUT2D eigenvalue weighted by Crippen LogP contribution is -2.25. The Morgan fingerprint density at radius 3 is 2.75 bits per heavy atom. The summed E-state index contributed by atoms with van der Waals surface area (Å²) >= 11 is 0. The van der Waals surface area contributed by atoms with Crippen LogP contribution in [-0.2, 0) is 6.42 Å². The van der Waals surface area contributed by atoms with Crippen molar-refractivity contribution in [3.05, 3.63) is 29.3 Å². The molecule has 1 unspecified atom stereocenters. The molecule has 0 aliphatic heterocycles. The Morgan fingerprint density at radius 2 is 2.05 bits per heavy atom. The van der Waals surface area contributed by atoms with Crippen LogP contribution in [0.4, 0.5) is 0 Å². The highest BCUT2D eigenvalue weighted by Gasteiger charge is 2.22. The normalized spacial score (nSPS) is 18.1. The molecule has 1 aromatic carbocycles. The van der Waals surface area contributed by atoms with Crippen LogP contribution in [0.15, 0.2) is 18.2 Å². The van der Waals surface area contributed by atoms with E-state index in [1.807, 2.05) is 0 Å². The first kappa shape index (κ1) is 15.4. The van der Waals surface area contributed by atoms with E-state index in [1.165, 1.54) is 36.8 Å². The molecule has 2 rings (SSSR count). The van der Waals surface area contributed by atoms with E-state index in [9.17, 15) is 0 Å². The topological polar surface area (TPSA) is 21.3 Å². The monoisotopic (exact) mass is 275 g/mol. The lowest BCUT2D eigenvalue weighted by atomic mass is 9.87. The lowest BCUT2D eigenvalue weighted by Gasteiger charge is -2.28. The molecule has 0 spiro atoms. The standard InChI is InChI=1S/C18H29NO/c1-4-14(5-2)13-20-18-12-8-9-15-16(18)10-7-11-17(15)19-6-3/h8-9,12,14,17,19H,4-7,10-11,13H2,1-3H3. The van der Waals surface area contributed by atoms with E-state index in [0.717, 1.165) is 25.3 Å². The molecule has 1 aliphatic carbocycles. The summed E-state index contributed by atoms with van der Waals surface area (Å²) in [5, 5.41) is 3.60. The van der Waals surface area contributed by atoms with Crippen LogP contribution in [0.3, 0.4) is 0 Å². The zero-order valence-corrected chi connectivity index (χ0v) is 13.2. The van der Waals surface area contributed by atoms with Crippen LogP contribution in [0.25, 0.3) is 0 Å². The predicted molar refractivity (Wildman–Crippen MR) is 85.4 cm³/mol. The summed E-state index contributed by atoms with van der Waals surface area (Å²) in [7, 11) is 0. The van der Waals surface area contributed by atoms with Gasteiger partial charge in [-0.05, 0) is 48.9 Å². The van der Waals surface area contributed by atoms with E-state index >= 15 is 0 Å². The SMILES string of the molecule is CCNC1CCCc2c(OCC(CC)CC)cccc21. The van der Waals surface area contributed by atoms with Gasteiger partial charge >= 0.3 is 0 Å². The van der Waals surface area contributed by atoms with Gasteiger partial charge in [0.05, 0.1) is 6.61 Å². The maximum atomic E-state index is 6.15. The Balaban J connectivity index is 2.12. The van der Waals surface area contributed by atoms with Gasteiger partial charge in [-0.25, -0.2) is 0 Å². The van der Waals surface area contributed by atoms with Crippen LogP contribution in [0.2, 0.25) is 0 Å². The third kappa shape index (κ3) is 3.54. The minimum absolute atomic E-state index is 0.514. The van der Waals surface area contributed by atoms with E-state index in [0.29, 0.717) is 12.0 Å². The molecule has 2 heteroatoms. The Bertz CT molecular complexity index is 412. The molecule has 0 saturated heterocycles. The molecular formula is C18H29NO. The number of rotatable bonds is 7. The van der Waals surface area contributed by atoms with Gasteiger partial charge in [0.25, 0.3) is 0 Å². The van der Waals surface area contributed by atoms with Gasteiger partial charge in [0.1, 0.15) is 5.75 Å². The fourth-order valence-electron chi connectivity index (χ4n) is 3.14. The van der Waals surface area contributed by atoms with E-state index in [1.54, 1.807) is 0 Å². The Hall–Kier alpha value is -1.02. The molecule has 0 bridgehead atoms. The predicted octanol–water partition coefficient (Wildman–Crippen LogP) is 4.49. The Morgan fingerprint density at radius 1 is 1.25 bits per heavy atom. The molecule has 112 valence electrons. The molecule has 0 amide bonds. The summed E-state index contributed by atoms with van der Waals surface area (Å²) in [6.45, 7) is 8.57. The van der Waals surface area contributed by atoms with Crippen LogP contribution in [-0.4, -0.2) is 13.2 Å². The fraction of sp³-hybridized carbons (Fsp3) is 0.667. The number of nitrogens with one attached hydrogen (secondary N) is 1.